The summed E-state index contributed by atoms with van der Waals surface area (Å²) in [5.41, 5.74) is 5.25. The zero-order chi connectivity index (χ0) is 13.8. The molecule has 2 N–H and O–H groups in total. The van der Waals surface area contributed by atoms with Gasteiger partial charge in [-0.3, -0.25) is 9.59 Å². The number of aromatic nitrogens is 2. The average Bonchev–Trinajstić information content (AvgIpc) is 2.46. The molecule has 0 radical (unpaired) electrons. The second-order valence-corrected chi connectivity index (χ2v) is 4.43. The van der Waals surface area contributed by atoms with E-state index in [9.17, 15) is 9.59 Å². The van der Waals surface area contributed by atoms with Crippen LogP contribution in [0.3, 0.4) is 0 Å². The summed E-state index contributed by atoms with van der Waals surface area (Å²) >= 11 is 0. The molecule has 0 spiro atoms. The van der Waals surface area contributed by atoms with Crippen molar-refractivity contribution in [2.45, 2.75) is 12.8 Å². The zero-order valence-corrected chi connectivity index (χ0v) is 10.7. The number of methoxy groups -OCH3 is 1. The number of nitrogens with two attached hydrogens (primary N) is 1. The van der Waals surface area contributed by atoms with Crippen molar-refractivity contribution in [3.8, 4) is 0 Å². The summed E-state index contributed by atoms with van der Waals surface area (Å²) in [7, 11) is 1.41. The number of piperidine rings is 1. The first-order valence-electron chi connectivity index (χ1n) is 6.08. The Balaban J connectivity index is 1.97. The van der Waals surface area contributed by atoms with Crippen LogP contribution >= 0.6 is 0 Å². The molecule has 7 nitrogen and oxygen atoms in total. The highest BCUT2D eigenvalue weighted by molar-refractivity contribution is 5.90. The number of carbonyl (C=O) groups excluding carboxylic acids is 2. The molecule has 7 heteroatoms. The molecule has 1 aliphatic heterocycles. The molecular formula is C12H16N4O3. The summed E-state index contributed by atoms with van der Waals surface area (Å²) in [6.45, 7) is 1.43. The number of primary amides is 1. The maximum Gasteiger partial charge on any atom is 0.308 e. The lowest BCUT2D eigenvalue weighted by Crippen LogP contribution is -2.37. The monoisotopic (exact) mass is 264 g/mol. The number of amides is 1. The van der Waals surface area contributed by atoms with Gasteiger partial charge in [0, 0.05) is 13.1 Å². The minimum Gasteiger partial charge on any atom is -0.469 e. The van der Waals surface area contributed by atoms with Gasteiger partial charge in [-0.1, -0.05) is 0 Å². The van der Waals surface area contributed by atoms with Crippen molar-refractivity contribution in [3.05, 3.63) is 17.8 Å². The highest BCUT2D eigenvalue weighted by Gasteiger charge is 2.26. The fourth-order valence-corrected chi connectivity index (χ4v) is 2.14. The predicted molar refractivity (Wildman–Crippen MR) is 67.5 cm³/mol. The molecule has 0 bridgehead atoms. The molecule has 1 aromatic rings. The van der Waals surface area contributed by atoms with Crippen LogP contribution in [0.15, 0.2) is 12.1 Å². The first-order chi connectivity index (χ1) is 9.11. The number of hydrogen-bond donors (Lipinski definition) is 1. The molecule has 0 aromatic carbocycles. The van der Waals surface area contributed by atoms with Crippen molar-refractivity contribution in [2.75, 3.05) is 25.1 Å². The van der Waals surface area contributed by atoms with Gasteiger partial charge in [-0.2, -0.15) is 0 Å². The molecule has 0 atom stereocenters. The third-order valence-corrected chi connectivity index (χ3v) is 3.26. The molecule has 1 amide bonds. The molecule has 1 aromatic heterocycles. The van der Waals surface area contributed by atoms with Crippen LogP contribution in [0.5, 0.6) is 0 Å². The molecule has 1 fully saturated rings. The Morgan fingerprint density at radius 3 is 2.47 bits per heavy atom. The topological polar surface area (TPSA) is 98.4 Å². The van der Waals surface area contributed by atoms with Crippen LogP contribution in [-0.2, 0) is 9.53 Å². The van der Waals surface area contributed by atoms with E-state index >= 15 is 0 Å². The SMILES string of the molecule is COC(=O)C1CCN(c2ccc(C(N)=O)nn2)CC1. The first kappa shape index (κ1) is 13.3. The summed E-state index contributed by atoms with van der Waals surface area (Å²) in [5, 5.41) is 7.74. The molecule has 1 aliphatic rings. The van der Waals surface area contributed by atoms with Crippen molar-refractivity contribution in [1.29, 1.82) is 0 Å². The van der Waals surface area contributed by atoms with Crippen molar-refractivity contribution < 1.29 is 14.3 Å². The molecule has 102 valence electrons. The van der Waals surface area contributed by atoms with Crippen LogP contribution in [0.25, 0.3) is 0 Å². The third kappa shape index (κ3) is 2.98. The van der Waals surface area contributed by atoms with Crippen LogP contribution in [0.4, 0.5) is 5.82 Å². The average molecular weight is 264 g/mol. The fourth-order valence-electron chi connectivity index (χ4n) is 2.14. The van der Waals surface area contributed by atoms with Crippen molar-refractivity contribution >= 4 is 17.7 Å². The number of esters is 1. The van der Waals surface area contributed by atoms with Gasteiger partial charge in [-0.25, -0.2) is 0 Å². The lowest BCUT2D eigenvalue weighted by molar-refractivity contribution is -0.146. The fraction of sp³-hybridized carbons (Fsp3) is 0.500. The summed E-state index contributed by atoms with van der Waals surface area (Å²) in [6.07, 6.45) is 1.46. The predicted octanol–water partition coefficient (Wildman–Crippen LogP) is -0.0351. The lowest BCUT2D eigenvalue weighted by Gasteiger charge is -2.31. The van der Waals surface area contributed by atoms with Crippen LogP contribution in [0.2, 0.25) is 0 Å². The standard InChI is InChI=1S/C12H16N4O3/c1-19-12(18)8-4-6-16(7-5-8)10-3-2-9(11(13)17)14-15-10/h2-3,8H,4-7H2,1H3,(H2,13,17). The Morgan fingerprint density at radius 1 is 1.32 bits per heavy atom. The van der Waals surface area contributed by atoms with E-state index in [1.165, 1.54) is 7.11 Å². The maximum atomic E-state index is 11.4. The Hall–Kier alpha value is -2.18. The maximum absolute atomic E-state index is 11.4. The van der Waals surface area contributed by atoms with Crippen LogP contribution < -0.4 is 10.6 Å². The summed E-state index contributed by atoms with van der Waals surface area (Å²) < 4.78 is 4.74. The van der Waals surface area contributed by atoms with E-state index in [4.69, 9.17) is 10.5 Å². The van der Waals surface area contributed by atoms with Gasteiger partial charge < -0.3 is 15.4 Å². The highest BCUT2D eigenvalue weighted by Crippen LogP contribution is 2.22. The number of hydrogen-bond acceptors (Lipinski definition) is 6. The van der Waals surface area contributed by atoms with E-state index in [2.05, 4.69) is 10.2 Å². The van der Waals surface area contributed by atoms with E-state index < -0.39 is 5.91 Å². The van der Waals surface area contributed by atoms with Gasteiger partial charge in [0.2, 0.25) is 0 Å². The summed E-state index contributed by atoms with van der Waals surface area (Å²) in [4.78, 5) is 24.3. The van der Waals surface area contributed by atoms with Gasteiger partial charge in [-0.15, -0.1) is 10.2 Å². The molecule has 0 aliphatic carbocycles. The van der Waals surface area contributed by atoms with E-state index in [1.807, 2.05) is 4.90 Å². The van der Waals surface area contributed by atoms with Gasteiger partial charge in [0.25, 0.3) is 5.91 Å². The molecule has 19 heavy (non-hydrogen) atoms. The Morgan fingerprint density at radius 2 is 2.00 bits per heavy atom. The zero-order valence-electron chi connectivity index (χ0n) is 10.7. The smallest absolute Gasteiger partial charge is 0.308 e. The van der Waals surface area contributed by atoms with Gasteiger partial charge in [-0.05, 0) is 25.0 Å². The van der Waals surface area contributed by atoms with E-state index in [-0.39, 0.29) is 17.6 Å². The quantitative estimate of drug-likeness (QED) is 0.769. The number of nitrogens with zero attached hydrogens (tertiary/aromatic N) is 3. The molecule has 0 unspecified atom stereocenters. The van der Waals surface area contributed by atoms with Gasteiger partial charge in [0.05, 0.1) is 13.0 Å². The van der Waals surface area contributed by atoms with Gasteiger partial charge in [0.1, 0.15) is 0 Å². The van der Waals surface area contributed by atoms with Crippen molar-refractivity contribution in [2.24, 2.45) is 11.7 Å². The van der Waals surface area contributed by atoms with Crippen molar-refractivity contribution in [3.63, 3.8) is 0 Å². The largest absolute Gasteiger partial charge is 0.469 e. The minimum absolute atomic E-state index is 0.0425. The van der Waals surface area contributed by atoms with E-state index in [0.29, 0.717) is 18.9 Å². The van der Waals surface area contributed by atoms with E-state index in [1.54, 1.807) is 12.1 Å². The molecule has 1 saturated heterocycles. The lowest BCUT2D eigenvalue weighted by atomic mass is 9.97. The molecule has 2 rings (SSSR count). The third-order valence-electron chi connectivity index (χ3n) is 3.26. The Kier molecular flexibility index (Phi) is 3.94. The second-order valence-electron chi connectivity index (χ2n) is 4.43. The Labute approximate surface area is 110 Å². The first-order valence-corrected chi connectivity index (χ1v) is 6.08. The molecule has 2 heterocycles. The van der Waals surface area contributed by atoms with Crippen LogP contribution in [-0.4, -0.2) is 42.3 Å². The number of ether oxygens (including phenoxy) is 1. The minimum atomic E-state index is -0.594. The summed E-state index contributed by atoms with van der Waals surface area (Å²) in [5.74, 6) is -0.106. The van der Waals surface area contributed by atoms with Crippen LogP contribution in [0, 0.1) is 5.92 Å². The summed E-state index contributed by atoms with van der Waals surface area (Å²) in [6, 6.07) is 3.27. The number of rotatable bonds is 3. The van der Waals surface area contributed by atoms with Crippen molar-refractivity contribution in [1.82, 2.24) is 10.2 Å². The van der Waals surface area contributed by atoms with Gasteiger partial charge in [0.15, 0.2) is 11.5 Å². The molecule has 0 saturated carbocycles. The van der Waals surface area contributed by atoms with Crippen LogP contribution in [0.1, 0.15) is 23.3 Å². The van der Waals surface area contributed by atoms with E-state index in [0.717, 1.165) is 12.8 Å². The normalized spacial score (nSPS) is 16.2. The molecular weight excluding hydrogens is 248 g/mol. The highest BCUT2D eigenvalue weighted by atomic mass is 16.5. The number of anilines is 1. The Bertz CT molecular complexity index is 466. The number of carbonyl (C=O) groups is 2. The van der Waals surface area contributed by atoms with Gasteiger partial charge >= 0.3 is 5.97 Å². The second kappa shape index (κ2) is 5.64.